The first-order valence-corrected chi connectivity index (χ1v) is 9.43. The van der Waals surface area contributed by atoms with E-state index in [1.165, 1.54) is 0 Å². The molecule has 3 rings (SSSR count). The molecule has 2 aromatic rings. The van der Waals surface area contributed by atoms with Crippen LogP contribution >= 0.6 is 15.9 Å². The minimum atomic E-state index is -0.420. The smallest absolute Gasteiger partial charge is 0.239 e. The number of nitrogens with two attached hydrogens (primary N) is 1. The highest BCUT2D eigenvalue weighted by molar-refractivity contribution is 9.10. The predicted octanol–water partition coefficient (Wildman–Crippen LogP) is 1.90. The molecule has 2 aromatic heterocycles. The molecule has 0 aliphatic carbocycles. The summed E-state index contributed by atoms with van der Waals surface area (Å²) in [5, 5.41) is 4.22. The average molecular weight is 409 g/mol. The van der Waals surface area contributed by atoms with Crippen molar-refractivity contribution in [3.05, 3.63) is 22.9 Å². The van der Waals surface area contributed by atoms with Gasteiger partial charge in [-0.2, -0.15) is 5.10 Å². The molecule has 2 N–H and O–H groups in total. The summed E-state index contributed by atoms with van der Waals surface area (Å²) in [4.78, 5) is 21.3. The Morgan fingerprint density at radius 1 is 1.52 bits per heavy atom. The Labute approximate surface area is 156 Å². The van der Waals surface area contributed by atoms with Crippen molar-refractivity contribution in [3.63, 3.8) is 0 Å². The van der Waals surface area contributed by atoms with Gasteiger partial charge in [0.1, 0.15) is 5.82 Å². The number of hydrogen-bond donors (Lipinski definition) is 1. The number of carbonyl (C=O) groups excluding carboxylic acids is 1. The minimum Gasteiger partial charge on any atom is -0.354 e. The van der Waals surface area contributed by atoms with Crippen LogP contribution in [0.1, 0.15) is 26.7 Å². The first-order valence-electron chi connectivity index (χ1n) is 8.64. The Hall–Kier alpha value is -1.67. The lowest BCUT2D eigenvalue weighted by Crippen LogP contribution is -2.47. The largest absolute Gasteiger partial charge is 0.354 e. The Bertz CT molecular complexity index is 761. The molecule has 1 aliphatic heterocycles. The van der Waals surface area contributed by atoms with Crippen LogP contribution in [0.4, 0.5) is 5.82 Å². The molecule has 0 radical (unpaired) electrons. The molecule has 25 heavy (non-hydrogen) atoms. The maximum Gasteiger partial charge on any atom is 0.239 e. The molecule has 0 bridgehead atoms. The van der Waals surface area contributed by atoms with Crippen molar-refractivity contribution >= 4 is 33.3 Å². The zero-order valence-electron chi connectivity index (χ0n) is 14.9. The summed E-state index contributed by atoms with van der Waals surface area (Å²) in [6.07, 6.45) is 5.28. The second-order valence-corrected chi connectivity index (χ2v) is 7.97. The number of fused-ring (bicyclic) bond motifs is 1. The summed E-state index contributed by atoms with van der Waals surface area (Å²) in [7, 11) is 1.86. The predicted molar refractivity (Wildman–Crippen MR) is 102 cm³/mol. The van der Waals surface area contributed by atoms with E-state index in [0.29, 0.717) is 12.3 Å². The minimum absolute atomic E-state index is 0.0301. The van der Waals surface area contributed by atoms with Crippen LogP contribution in [0, 0.1) is 5.92 Å². The molecular weight excluding hydrogens is 384 g/mol. The lowest BCUT2D eigenvalue weighted by molar-refractivity contribution is -0.133. The number of likely N-dealkylation sites (N-methyl/N-ethyl adjacent to an activating group) is 1. The molecule has 0 saturated carbocycles. The van der Waals surface area contributed by atoms with Gasteiger partial charge in [-0.1, -0.05) is 13.8 Å². The van der Waals surface area contributed by atoms with E-state index in [0.717, 1.165) is 35.4 Å². The van der Waals surface area contributed by atoms with E-state index < -0.39 is 6.04 Å². The van der Waals surface area contributed by atoms with Gasteiger partial charge in [0.15, 0.2) is 5.65 Å². The van der Waals surface area contributed by atoms with E-state index in [2.05, 4.69) is 44.8 Å². The van der Waals surface area contributed by atoms with Gasteiger partial charge in [0, 0.05) is 26.3 Å². The Balaban J connectivity index is 1.67. The van der Waals surface area contributed by atoms with Gasteiger partial charge in [0.2, 0.25) is 5.91 Å². The zero-order chi connectivity index (χ0) is 18.1. The number of carbonyl (C=O) groups is 1. The van der Waals surface area contributed by atoms with E-state index in [9.17, 15) is 4.79 Å². The first kappa shape index (κ1) is 18.1. The van der Waals surface area contributed by atoms with Crippen molar-refractivity contribution in [2.45, 2.75) is 38.8 Å². The number of amides is 1. The second kappa shape index (κ2) is 7.29. The van der Waals surface area contributed by atoms with E-state index in [4.69, 9.17) is 5.73 Å². The molecule has 1 saturated heterocycles. The average Bonchev–Trinajstić information content (AvgIpc) is 3.20. The van der Waals surface area contributed by atoms with Crippen LogP contribution < -0.4 is 10.6 Å². The van der Waals surface area contributed by atoms with Crippen molar-refractivity contribution in [1.29, 1.82) is 0 Å². The van der Waals surface area contributed by atoms with Crippen molar-refractivity contribution in [2.24, 2.45) is 11.7 Å². The van der Waals surface area contributed by atoms with Gasteiger partial charge in [-0.15, -0.1) is 0 Å². The van der Waals surface area contributed by atoms with E-state index in [-0.39, 0.29) is 11.9 Å². The molecular formula is C17H25BrN6O. The molecule has 2 atom stereocenters. The summed E-state index contributed by atoms with van der Waals surface area (Å²) < 4.78 is 2.61. The van der Waals surface area contributed by atoms with E-state index in [1.807, 2.05) is 24.2 Å². The molecule has 1 amide bonds. The molecule has 0 spiro atoms. The highest BCUT2D eigenvalue weighted by Crippen LogP contribution is 2.24. The van der Waals surface area contributed by atoms with Gasteiger partial charge in [0.25, 0.3) is 0 Å². The van der Waals surface area contributed by atoms with Crippen LogP contribution in [0.25, 0.3) is 5.65 Å². The number of anilines is 1. The van der Waals surface area contributed by atoms with Crippen LogP contribution in [-0.4, -0.2) is 57.6 Å². The molecule has 0 aromatic carbocycles. The summed E-state index contributed by atoms with van der Waals surface area (Å²) in [5.41, 5.74) is 6.86. The number of halogens is 1. The van der Waals surface area contributed by atoms with Crippen LogP contribution in [0.3, 0.4) is 0 Å². The normalized spacial score (nSPS) is 19.0. The van der Waals surface area contributed by atoms with Crippen molar-refractivity contribution in [2.75, 3.05) is 25.0 Å². The lowest BCUT2D eigenvalue weighted by Gasteiger charge is -2.28. The van der Waals surface area contributed by atoms with Gasteiger partial charge in [0.05, 0.1) is 22.8 Å². The number of rotatable bonds is 5. The van der Waals surface area contributed by atoms with Gasteiger partial charge in [-0.05, 0) is 40.8 Å². The van der Waals surface area contributed by atoms with Crippen molar-refractivity contribution in [1.82, 2.24) is 19.5 Å². The number of hydrogen-bond acceptors (Lipinski definition) is 5. The monoisotopic (exact) mass is 408 g/mol. The van der Waals surface area contributed by atoms with Crippen molar-refractivity contribution in [3.8, 4) is 0 Å². The SMILES string of the molecule is CC(C)C[C@H](N)C(=O)N(C)[C@H]1CCN(c2ccn3ncc(Br)c3n2)C1. The lowest BCUT2D eigenvalue weighted by atomic mass is 10.0. The third-order valence-corrected chi connectivity index (χ3v) is 5.30. The van der Waals surface area contributed by atoms with Gasteiger partial charge < -0.3 is 15.5 Å². The molecule has 8 heteroatoms. The highest BCUT2D eigenvalue weighted by Gasteiger charge is 2.31. The van der Waals surface area contributed by atoms with E-state index >= 15 is 0 Å². The standard InChI is InChI=1S/C17H25BrN6O/c1-11(2)8-14(19)17(25)22(3)12-4-6-23(10-12)15-5-7-24-16(21-15)13(18)9-20-24/h5,7,9,11-12,14H,4,6,8,10,19H2,1-3H3/t12-,14-/m0/s1. The Morgan fingerprint density at radius 3 is 3.00 bits per heavy atom. The maximum atomic E-state index is 12.5. The molecule has 136 valence electrons. The molecule has 0 unspecified atom stereocenters. The Kier molecular flexibility index (Phi) is 5.29. The van der Waals surface area contributed by atoms with E-state index in [1.54, 1.807) is 10.7 Å². The van der Waals surface area contributed by atoms with Crippen LogP contribution in [0.2, 0.25) is 0 Å². The molecule has 3 heterocycles. The quantitative estimate of drug-likeness (QED) is 0.816. The topological polar surface area (TPSA) is 79.8 Å². The summed E-state index contributed by atoms with van der Waals surface area (Å²) in [5.74, 6) is 1.35. The van der Waals surface area contributed by atoms with Gasteiger partial charge in [-0.3, -0.25) is 4.79 Å². The second-order valence-electron chi connectivity index (χ2n) is 7.12. The maximum absolute atomic E-state index is 12.5. The Morgan fingerprint density at radius 2 is 2.28 bits per heavy atom. The van der Waals surface area contributed by atoms with Gasteiger partial charge in [-0.25, -0.2) is 9.50 Å². The molecule has 1 aliphatic rings. The fraction of sp³-hybridized carbons (Fsp3) is 0.588. The molecule has 1 fully saturated rings. The third kappa shape index (κ3) is 3.79. The van der Waals surface area contributed by atoms with Crippen LogP contribution in [-0.2, 0) is 4.79 Å². The summed E-state index contributed by atoms with van der Waals surface area (Å²) in [6, 6.07) is 1.70. The zero-order valence-corrected chi connectivity index (χ0v) is 16.5. The molecule has 7 nitrogen and oxygen atoms in total. The summed E-state index contributed by atoms with van der Waals surface area (Å²) >= 11 is 3.47. The highest BCUT2D eigenvalue weighted by atomic mass is 79.9. The fourth-order valence-electron chi connectivity index (χ4n) is 3.32. The summed E-state index contributed by atoms with van der Waals surface area (Å²) in [6.45, 7) is 5.81. The fourth-order valence-corrected chi connectivity index (χ4v) is 3.69. The number of aromatic nitrogens is 3. The van der Waals surface area contributed by atoms with Crippen LogP contribution in [0.15, 0.2) is 22.9 Å². The van der Waals surface area contributed by atoms with Crippen molar-refractivity contribution < 1.29 is 4.79 Å². The van der Waals surface area contributed by atoms with Crippen LogP contribution in [0.5, 0.6) is 0 Å². The van der Waals surface area contributed by atoms with Gasteiger partial charge >= 0.3 is 0 Å². The first-order chi connectivity index (χ1) is 11.9. The number of nitrogens with zero attached hydrogens (tertiary/aromatic N) is 5. The third-order valence-electron chi connectivity index (χ3n) is 4.74.